The van der Waals surface area contributed by atoms with Gasteiger partial charge in [-0.15, -0.1) is 11.3 Å². The largest absolute Gasteiger partial charge is 0.377 e. The molecule has 4 heteroatoms. The molecule has 1 N–H and O–H groups in total. The molecule has 4 fully saturated rings. The Labute approximate surface area is 143 Å². The highest BCUT2D eigenvalue weighted by Crippen LogP contribution is 2.60. The Morgan fingerprint density at radius 3 is 2.74 bits per heavy atom. The van der Waals surface area contributed by atoms with E-state index in [0.717, 1.165) is 24.6 Å². The zero-order valence-corrected chi connectivity index (χ0v) is 14.7. The van der Waals surface area contributed by atoms with Crippen LogP contribution < -0.4 is 10.2 Å². The lowest BCUT2D eigenvalue weighted by Crippen LogP contribution is -2.69. The van der Waals surface area contributed by atoms with Crippen molar-refractivity contribution in [1.82, 2.24) is 5.32 Å². The monoisotopic (exact) mass is 332 g/mol. The van der Waals surface area contributed by atoms with Gasteiger partial charge in [-0.25, -0.2) is 0 Å². The standard InChI is InChI=1S/C19H28N2OS/c1-2-9-19(8-1)17(15-7-12-22-18(15)19)20-14-5-10-21(11-6-14)16-4-3-13-23-16/h3-4,13-15,17-18,20H,1-2,5-12H2/t15-,17?,18-/m1/s1. The van der Waals surface area contributed by atoms with Gasteiger partial charge in [0, 0.05) is 43.1 Å². The van der Waals surface area contributed by atoms with Gasteiger partial charge in [-0.1, -0.05) is 12.8 Å². The molecule has 2 aliphatic heterocycles. The molecule has 2 aliphatic carbocycles. The second-order valence-electron chi connectivity index (χ2n) is 8.04. The van der Waals surface area contributed by atoms with E-state index < -0.39 is 0 Å². The van der Waals surface area contributed by atoms with E-state index in [1.165, 1.54) is 63.0 Å². The van der Waals surface area contributed by atoms with Crippen LogP contribution in [0.2, 0.25) is 0 Å². The molecule has 1 aromatic heterocycles. The second kappa shape index (κ2) is 5.75. The number of nitrogens with one attached hydrogen (secondary N) is 1. The number of hydrogen-bond acceptors (Lipinski definition) is 4. The molecule has 1 spiro atoms. The van der Waals surface area contributed by atoms with Gasteiger partial charge in [-0.3, -0.25) is 0 Å². The van der Waals surface area contributed by atoms with Crippen molar-refractivity contribution in [1.29, 1.82) is 0 Å². The van der Waals surface area contributed by atoms with Crippen molar-refractivity contribution < 1.29 is 4.74 Å². The first-order chi connectivity index (χ1) is 11.4. The van der Waals surface area contributed by atoms with Gasteiger partial charge in [0.05, 0.1) is 11.1 Å². The summed E-state index contributed by atoms with van der Waals surface area (Å²) in [5.41, 5.74) is 0.506. The van der Waals surface area contributed by atoms with Crippen LogP contribution in [0.15, 0.2) is 17.5 Å². The van der Waals surface area contributed by atoms with Crippen LogP contribution in [0.4, 0.5) is 5.00 Å². The van der Waals surface area contributed by atoms with Crippen LogP contribution in [0.5, 0.6) is 0 Å². The van der Waals surface area contributed by atoms with Crippen molar-refractivity contribution in [2.75, 3.05) is 24.6 Å². The molecular weight excluding hydrogens is 304 g/mol. The number of thiophene rings is 1. The first kappa shape index (κ1) is 14.7. The summed E-state index contributed by atoms with van der Waals surface area (Å²) in [4.78, 5) is 2.57. The Kier molecular flexibility index (Phi) is 3.68. The minimum atomic E-state index is 0.506. The van der Waals surface area contributed by atoms with Crippen molar-refractivity contribution in [3.05, 3.63) is 17.5 Å². The van der Waals surface area contributed by atoms with Crippen molar-refractivity contribution in [2.45, 2.75) is 63.1 Å². The third-order valence-corrected chi connectivity index (χ3v) is 7.94. The van der Waals surface area contributed by atoms with Crippen molar-refractivity contribution in [2.24, 2.45) is 11.3 Å². The maximum atomic E-state index is 6.13. The number of fused-ring (bicyclic) bond motifs is 2. The summed E-state index contributed by atoms with van der Waals surface area (Å²) in [6.45, 7) is 3.43. The summed E-state index contributed by atoms with van der Waals surface area (Å²) in [5, 5.41) is 7.76. The summed E-state index contributed by atoms with van der Waals surface area (Å²) < 4.78 is 6.13. The van der Waals surface area contributed by atoms with Crippen LogP contribution in [0, 0.1) is 11.3 Å². The smallest absolute Gasteiger partial charge is 0.0908 e. The molecule has 2 saturated carbocycles. The molecule has 2 saturated heterocycles. The summed E-state index contributed by atoms with van der Waals surface area (Å²) in [5.74, 6) is 0.809. The minimum Gasteiger partial charge on any atom is -0.377 e. The fourth-order valence-electron chi connectivity index (χ4n) is 5.91. The molecular formula is C19H28N2OS. The van der Waals surface area contributed by atoms with E-state index in [9.17, 15) is 0 Å². The lowest BCUT2D eigenvalue weighted by atomic mass is 9.54. The lowest BCUT2D eigenvalue weighted by molar-refractivity contribution is -0.133. The average molecular weight is 333 g/mol. The van der Waals surface area contributed by atoms with Crippen molar-refractivity contribution >= 4 is 16.3 Å². The molecule has 3 heterocycles. The first-order valence-corrected chi connectivity index (χ1v) is 10.4. The van der Waals surface area contributed by atoms with Crippen LogP contribution >= 0.6 is 11.3 Å². The van der Waals surface area contributed by atoms with Crippen LogP contribution in [0.25, 0.3) is 0 Å². The fourth-order valence-corrected chi connectivity index (χ4v) is 6.70. The predicted octanol–water partition coefficient (Wildman–Crippen LogP) is 3.65. The molecule has 126 valence electrons. The van der Waals surface area contributed by atoms with Crippen LogP contribution in [-0.2, 0) is 4.74 Å². The van der Waals surface area contributed by atoms with E-state index in [-0.39, 0.29) is 0 Å². The third-order valence-electron chi connectivity index (χ3n) is 7.01. The van der Waals surface area contributed by atoms with E-state index in [0.29, 0.717) is 11.5 Å². The molecule has 0 amide bonds. The highest BCUT2D eigenvalue weighted by molar-refractivity contribution is 7.14. The van der Waals surface area contributed by atoms with Crippen LogP contribution in [0.3, 0.4) is 0 Å². The summed E-state index contributed by atoms with van der Waals surface area (Å²) in [6, 6.07) is 5.90. The molecule has 4 aliphatic rings. The highest BCUT2D eigenvalue weighted by Gasteiger charge is 2.64. The SMILES string of the molecule is c1csc(N2CCC(NC3[C@H]4CCO[C@H]4C34CCCC4)CC2)c1. The summed E-state index contributed by atoms with van der Waals surface area (Å²) >= 11 is 1.88. The van der Waals surface area contributed by atoms with Gasteiger partial charge in [0.25, 0.3) is 0 Å². The molecule has 3 atom stereocenters. The lowest BCUT2D eigenvalue weighted by Gasteiger charge is -2.58. The van der Waals surface area contributed by atoms with Crippen molar-refractivity contribution in [3.63, 3.8) is 0 Å². The van der Waals surface area contributed by atoms with E-state index in [1.807, 2.05) is 11.3 Å². The predicted molar refractivity (Wildman–Crippen MR) is 95.2 cm³/mol. The van der Waals surface area contributed by atoms with Crippen LogP contribution in [-0.4, -0.2) is 37.9 Å². The quantitative estimate of drug-likeness (QED) is 0.914. The molecule has 1 aromatic rings. The third kappa shape index (κ3) is 2.29. The average Bonchev–Trinajstić information content (AvgIpc) is 3.33. The van der Waals surface area contributed by atoms with E-state index in [2.05, 4.69) is 27.7 Å². The zero-order chi connectivity index (χ0) is 15.3. The Balaban J connectivity index is 1.22. The number of nitrogens with zero attached hydrogens (tertiary/aromatic N) is 1. The van der Waals surface area contributed by atoms with Gasteiger partial charge >= 0.3 is 0 Å². The summed E-state index contributed by atoms with van der Waals surface area (Å²) in [7, 11) is 0. The number of piperidine rings is 1. The Morgan fingerprint density at radius 2 is 2.00 bits per heavy atom. The Hall–Kier alpha value is -0.580. The van der Waals surface area contributed by atoms with E-state index in [4.69, 9.17) is 4.74 Å². The molecule has 0 radical (unpaired) electrons. The molecule has 5 rings (SSSR count). The van der Waals surface area contributed by atoms with Crippen LogP contribution in [0.1, 0.15) is 44.9 Å². The topological polar surface area (TPSA) is 24.5 Å². The van der Waals surface area contributed by atoms with E-state index >= 15 is 0 Å². The number of anilines is 1. The van der Waals surface area contributed by atoms with Gasteiger partial charge in [-0.05, 0) is 49.6 Å². The van der Waals surface area contributed by atoms with Crippen molar-refractivity contribution in [3.8, 4) is 0 Å². The maximum absolute atomic E-state index is 6.13. The van der Waals surface area contributed by atoms with Gasteiger partial charge in [-0.2, -0.15) is 0 Å². The molecule has 1 unspecified atom stereocenters. The molecule has 23 heavy (non-hydrogen) atoms. The van der Waals surface area contributed by atoms with Gasteiger partial charge < -0.3 is 15.0 Å². The minimum absolute atomic E-state index is 0.506. The van der Waals surface area contributed by atoms with Gasteiger partial charge in [0.1, 0.15) is 0 Å². The normalized spacial score (nSPS) is 36.3. The number of rotatable bonds is 3. The highest BCUT2D eigenvalue weighted by atomic mass is 32.1. The van der Waals surface area contributed by atoms with Gasteiger partial charge in [0.2, 0.25) is 0 Å². The first-order valence-electron chi connectivity index (χ1n) is 9.53. The Morgan fingerprint density at radius 1 is 1.17 bits per heavy atom. The summed E-state index contributed by atoms with van der Waals surface area (Å²) in [6.07, 6.45) is 10.1. The Bertz CT molecular complexity index is 532. The van der Waals surface area contributed by atoms with Gasteiger partial charge in [0.15, 0.2) is 0 Å². The molecule has 3 nitrogen and oxygen atoms in total. The number of ether oxygens (including phenoxy) is 1. The maximum Gasteiger partial charge on any atom is 0.0908 e. The molecule has 0 aromatic carbocycles. The fraction of sp³-hybridized carbons (Fsp3) is 0.789. The second-order valence-corrected chi connectivity index (χ2v) is 8.97. The van der Waals surface area contributed by atoms with E-state index in [1.54, 1.807) is 0 Å². The molecule has 0 bridgehead atoms. The zero-order valence-electron chi connectivity index (χ0n) is 13.9. The number of hydrogen-bond donors (Lipinski definition) is 1.